The minimum absolute atomic E-state index is 0.255. The summed E-state index contributed by atoms with van der Waals surface area (Å²) >= 11 is 0. The lowest BCUT2D eigenvalue weighted by atomic mass is 10.0. The number of amides is 2. The van der Waals surface area contributed by atoms with Crippen molar-refractivity contribution in [1.82, 2.24) is 9.80 Å². The van der Waals surface area contributed by atoms with E-state index in [1.54, 1.807) is 12.1 Å². The lowest BCUT2D eigenvalue weighted by Gasteiger charge is -2.34. The van der Waals surface area contributed by atoms with Crippen LogP contribution in [0.25, 0.3) is 5.57 Å². The first-order valence-electron chi connectivity index (χ1n) is 9.95. The largest absolute Gasteiger partial charge is 0.494 e. The maximum absolute atomic E-state index is 13.4. The van der Waals surface area contributed by atoms with Gasteiger partial charge in [-0.3, -0.25) is 9.59 Å². The molecule has 2 heterocycles. The quantitative estimate of drug-likeness (QED) is 0.734. The van der Waals surface area contributed by atoms with Crippen LogP contribution < -0.4 is 9.64 Å². The molecule has 4 rings (SSSR count). The number of hydrogen-bond acceptors (Lipinski definition) is 5. The van der Waals surface area contributed by atoms with Gasteiger partial charge in [0.2, 0.25) is 0 Å². The molecule has 0 bridgehead atoms. The highest BCUT2D eigenvalue weighted by molar-refractivity contribution is 6.45. The maximum atomic E-state index is 13.4. The van der Waals surface area contributed by atoms with Gasteiger partial charge in [0.1, 0.15) is 11.4 Å². The molecule has 6 nitrogen and oxygen atoms in total. The first kappa shape index (κ1) is 19.2. The van der Waals surface area contributed by atoms with E-state index in [2.05, 4.69) is 16.8 Å². The Kier molecular flexibility index (Phi) is 5.36. The number of benzene rings is 2. The molecule has 0 unspecified atom stereocenters. The molecule has 2 amide bonds. The zero-order valence-corrected chi connectivity index (χ0v) is 16.8. The van der Waals surface area contributed by atoms with E-state index < -0.39 is 0 Å². The Bertz CT molecular complexity index is 930. The summed E-state index contributed by atoms with van der Waals surface area (Å²) in [5.41, 5.74) is 2.29. The standard InChI is InChI=1S/C23H25N3O3/c1-3-29-19-11-9-17(10-12-19)20-21(25-15-13-24(2)14-16-25)23(28)26(22(20)27)18-7-5-4-6-8-18/h4-12H,3,13-16H2,1-2H3. The molecule has 0 aliphatic carbocycles. The molecule has 29 heavy (non-hydrogen) atoms. The molecule has 2 aliphatic heterocycles. The van der Waals surface area contributed by atoms with Gasteiger partial charge < -0.3 is 14.5 Å². The normalized spacial score (nSPS) is 18.0. The molecule has 6 heteroatoms. The highest BCUT2D eigenvalue weighted by Crippen LogP contribution is 2.35. The van der Waals surface area contributed by atoms with Crippen LogP contribution in [0.2, 0.25) is 0 Å². The van der Waals surface area contributed by atoms with E-state index >= 15 is 0 Å². The predicted octanol–water partition coefficient (Wildman–Crippen LogP) is 2.62. The van der Waals surface area contributed by atoms with Gasteiger partial charge in [0.15, 0.2) is 0 Å². The summed E-state index contributed by atoms with van der Waals surface area (Å²) in [5.74, 6) is 0.212. The molecule has 2 aromatic rings. The van der Waals surface area contributed by atoms with Crippen LogP contribution in [0.1, 0.15) is 12.5 Å². The Labute approximate surface area is 171 Å². The van der Waals surface area contributed by atoms with Crippen LogP contribution in [0.3, 0.4) is 0 Å². The summed E-state index contributed by atoms with van der Waals surface area (Å²) in [7, 11) is 2.07. The number of likely N-dealkylation sites (N-methyl/N-ethyl adjacent to an activating group) is 1. The van der Waals surface area contributed by atoms with Gasteiger partial charge in [-0.25, -0.2) is 4.90 Å². The Balaban J connectivity index is 1.77. The fourth-order valence-corrected chi connectivity index (χ4v) is 3.80. The monoisotopic (exact) mass is 391 g/mol. The molecule has 1 fully saturated rings. The second-order valence-corrected chi connectivity index (χ2v) is 7.25. The number of hydrogen-bond donors (Lipinski definition) is 0. The summed E-state index contributed by atoms with van der Waals surface area (Å²) < 4.78 is 5.52. The van der Waals surface area contributed by atoms with Crippen molar-refractivity contribution in [2.75, 3.05) is 44.7 Å². The second-order valence-electron chi connectivity index (χ2n) is 7.25. The second kappa shape index (κ2) is 8.09. The van der Waals surface area contributed by atoms with Gasteiger partial charge >= 0.3 is 0 Å². The van der Waals surface area contributed by atoms with Gasteiger partial charge in [-0.1, -0.05) is 30.3 Å². The van der Waals surface area contributed by atoms with E-state index in [0.29, 0.717) is 36.7 Å². The van der Waals surface area contributed by atoms with Crippen LogP contribution in [0.15, 0.2) is 60.3 Å². The fraction of sp³-hybridized carbons (Fsp3) is 0.304. The van der Waals surface area contributed by atoms with Crippen molar-refractivity contribution in [2.45, 2.75) is 6.92 Å². The SMILES string of the molecule is CCOc1ccc(C2=C(N3CCN(C)CC3)C(=O)N(c3ccccc3)C2=O)cc1. The van der Waals surface area contributed by atoms with Crippen LogP contribution >= 0.6 is 0 Å². The Hall–Kier alpha value is -3.12. The molecule has 1 saturated heterocycles. The number of imide groups is 1. The van der Waals surface area contributed by atoms with Crippen molar-refractivity contribution in [1.29, 1.82) is 0 Å². The first-order chi connectivity index (χ1) is 14.1. The molecular weight excluding hydrogens is 366 g/mol. The van der Waals surface area contributed by atoms with E-state index in [1.165, 1.54) is 4.90 Å². The fourth-order valence-electron chi connectivity index (χ4n) is 3.80. The van der Waals surface area contributed by atoms with Crippen LogP contribution in [0, 0.1) is 0 Å². The van der Waals surface area contributed by atoms with Gasteiger partial charge in [-0.2, -0.15) is 0 Å². The third kappa shape index (κ3) is 3.63. The first-order valence-corrected chi connectivity index (χ1v) is 9.95. The van der Waals surface area contributed by atoms with Crippen LogP contribution in [-0.2, 0) is 9.59 Å². The van der Waals surface area contributed by atoms with Gasteiger partial charge in [0.05, 0.1) is 17.9 Å². The molecule has 0 radical (unpaired) electrons. The van der Waals surface area contributed by atoms with Crippen LogP contribution in [0.5, 0.6) is 5.75 Å². The van der Waals surface area contributed by atoms with Crippen molar-refractivity contribution < 1.29 is 14.3 Å². The van der Waals surface area contributed by atoms with Crippen molar-refractivity contribution in [3.8, 4) is 5.75 Å². The Morgan fingerprint density at radius 2 is 1.52 bits per heavy atom. The highest BCUT2D eigenvalue weighted by atomic mass is 16.5. The van der Waals surface area contributed by atoms with Gasteiger partial charge in [-0.05, 0) is 43.8 Å². The van der Waals surface area contributed by atoms with Crippen molar-refractivity contribution >= 4 is 23.1 Å². The number of nitrogens with zero attached hydrogens (tertiary/aromatic N) is 3. The number of carbonyl (C=O) groups excluding carboxylic acids is 2. The molecule has 2 aliphatic rings. The molecular formula is C23H25N3O3. The van der Waals surface area contributed by atoms with Crippen LogP contribution in [0.4, 0.5) is 5.69 Å². The van der Waals surface area contributed by atoms with Gasteiger partial charge in [-0.15, -0.1) is 0 Å². The zero-order valence-electron chi connectivity index (χ0n) is 16.8. The van der Waals surface area contributed by atoms with E-state index in [9.17, 15) is 9.59 Å². The highest BCUT2D eigenvalue weighted by Gasteiger charge is 2.42. The van der Waals surface area contributed by atoms with Crippen molar-refractivity contribution in [2.24, 2.45) is 0 Å². The number of ether oxygens (including phenoxy) is 1. The third-order valence-electron chi connectivity index (χ3n) is 5.35. The molecule has 0 saturated carbocycles. The van der Waals surface area contributed by atoms with Crippen LogP contribution in [-0.4, -0.2) is 61.4 Å². The Morgan fingerprint density at radius 3 is 2.14 bits per heavy atom. The van der Waals surface area contributed by atoms with E-state index in [0.717, 1.165) is 24.4 Å². The van der Waals surface area contributed by atoms with E-state index in [1.807, 2.05) is 49.4 Å². The third-order valence-corrected chi connectivity index (χ3v) is 5.35. The molecule has 2 aromatic carbocycles. The molecule has 0 aromatic heterocycles. The number of rotatable bonds is 5. The number of anilines is 1. The van der Waals surface area contributed by atoms with Crippen molar-refractivity contribution in [3.05, 3.63) is 65.9 Å². The maximum Gasteiger partial charge on any atom is 0.282 e. The zero-order chi connectivity index (χ0) is 20.4. The number of piperazine rings is 1. The van der Waals surface area contributed by atoms with Gasteiger partial charge in [0, 0.05) is 26.2 Å². The predicted molar refractivity (Wildman–Crippen MR) is 113 cm³/mol. The minimum atomic E-state index is -0.278. The minimum Gasteiger partial charge on any atom is -0.494 e. The lowest BCUT2D eigenvalue weighted by Crippen LogP contribution is -2.46. The average Bonchev–Trinajstić information content (AvgIpc) is 3.00. The summed E-state index contributed by atoms with van der Waals surface area (Å²) in [6, 6.07) is 16.5. The summed E-state index contributed by atoms with van der Waals surface area (Å²) in [6.45, 7) is 5.65. The molecule has 0 spiro atoms. The Morgan fingerprint density at radius 1 is 0.862 bits per heavy atom. The average molecular weight is 391 g/mol. The molecule has 0 N–H and O–H groups in total. The van der Waals surface area contributed by atoms with E-state index in [4.69, 9.17) is 4.74 Å². The lowest BCUT2D eigenvalue weighted by molar-refractivity contribution is -0.120. The smallest absolute Gasteiger partial charge is 0.282 e. The number of para-hydroxylation sites is 1. The summed E-state index contributed by atoms with van der Waals surface area (Å²) in [5, 5.41) is 0. The molecule has 150 valence electrons. The topological polar surface area (TPSA) is 53.1 Å². The summed E-state index contributed by atoms with van der Waals surface area (Å²) in [6.07, 6.45) is 0. The van der Waals surface area contributed by atoms with E-state index in [-0.39, 0.29) is 11.8 Å². The number of carbonyl (C=O) groups is 2. The molecule has 0 atom stereocenters. The van der Waals surface area contributed by atoms with Crippen molar-refractivity contribution in [3.63, 3.8) is 0 Å². The van der Waals surface area contributed by atoms with Gasteiger partial charge in [0.25, 0.3) is 11.8 Å². The summed E-state index contributed by atoms with van der Waals surface area (Å²) in [4.78, 5) is 32.4.